The van der Waals surface area contributed by atoms with Gasteiger partial charge in [-0.05, 0) is 24.6 Å². The number of rotatable bonds is 4. The molecule has 0 amide bonds. The lowest BCUT2D eigenvalue weighted by atomic mass is 10.1. The number of nitrogens with one attached hydrogen (secondary N) is 1. The van der Waals surface area contributed by atoms with Crippen molar-refractivity contribution in [2.24, 2.45) is 0 Å². The Morgan fingerprint density at radius 2 is 2.29 bits per heavy atom. The fourth-order valence-corrected chi connectivity index (χ4v) is 2.24. The van der Waals surface area contributed by atoms with Gasteiger partial charge in [0.2, 0.25) is 5.13 Å². The third kappa shape index (κ3) is 3.00. The Bertz CT molecular complexity index is 498. The predicted octanol–water partition coefficient (Wildman–Crippen LogP) is 3.41. The highest BCUT2D eigenvalue weighted by molar-refractivity contribution is 7.09. The molecule has 0 bridgehead atoms. The Labute approximate surface area is 104 Å². The fourth-order valence-electron chi connectivity index (χ4n) is 1.50. The van der Waals surface area contributed by atoms with Gasteiger partial charge in [-0.1, -0.05) is 19.1 Å². The molecule has 2 rings (SSSR count). The van der Waals surface area contributed by atoms with Crippen LogP contribution in [-0.4, -0.2) is 9.36 Å². The van der Waals surface area contributed by atoms with Crippen LogP contribution < -0.4 is 5.32 Å². The van der Waals surface area contributed by atoms with E-state index in [0.717, 1.165) is 22.9 Å². The van der Waals surface area contributed by atoms with Gasteiger partial charge in [0.1, 0.15) is 11.6 Å². The van der Waals surface area contributed by atoms with Gasteiger partial charge in [0.25, 0.3) is 0 Å². The standard InChI is InChI=1S/C12H14FN3S/c1-3-11-15-12(17-16-11)14-8(2)9-5-4-6-10(13)7-9/h4-8H,3H2,1-2H3,(H,14,15,16). The maximum atomic E-state index is 13.1. The third-order valence-electron chi connectivity index (χ3n) is 2.47. The van der Waals surface area contributed by atoms with Crippen LogP contribution in [0.4, 0.5) is 9.52 Å². The number of aromatic nitrogens is 2. The molecular weight excluding hydrogens is 237 g/mol. The largest absolute Gasteiger partial charge is 0.354 e. The number of nitrogens with zero attached hydrogens (tertiary/aromatic N) is 2. The predicted molar refractivity (Wildman–Crippen MR) is 67.7 cm³/mol. The lowest BCUT2D eigenvalue weighted by Gasteiger charge is -2.12. The molecule has 0 spiro atoms. The van der Waals surface area contributed by atoms with Gasteiger partial charge in [0, 0.05) is 18.0 Å². The van der Waals surface area contributed by atoms with Crippen LogP contribution in [0, 0.1) is 5.82 Å². The van der Waals surface area contributed by atoms with Crippen molar-refractivity contribution in [1.29, 1.82) is 0 Å². The lowest BCUT2D eigenvalue weighted by Crippen LogP contribution is -2.06. The zero-order valence-corrected chi connectivity index (χ0v) is 10.6. The number of anilines is 1. The first-order valence-corrected chi connectivity index (χ1v) is 6.31. The van der Waals surface area contributed by atoms with Gasteiger partial charge in [-0.25, -0.2) is 9.37 Å². The van der Waals surface area contributed by atoms with Crippen molar-refractivity contribution in [1.82, 2.24) is 9.36 Å². The van der Waals surface area contributed by atoms with Gasteiger partial charge >= 0.3 is 0 Å². The number of hydrogen-bond acceptors (Lipinski definition) is 4. The quantitative estimate of drug-likeness (QED) is 0.904. The molecule has 1 aromatic heterocycles. The smallest absolute Gasteiger partial charge is 0.203 e. The Balaban J connectivity index is 2.08. The molecule has 1 unspecified atom stereocenters. The first kappa shape index (κ1) is 12.0. The van der Waals surface area contributed by atoms with Gasteiger partial charge < -0.3 is 5.32 Å². The Morgan fingerprint density at radius 3 is 2.94 bits per heavy atom. The van der Waals surface area contributed by atoms with Crippen LogP contribution in [0.3, 0.4) is 0 Å². The van der Waals surface area contributed by atoms with Crippen LogP contribution in [0.5, 0.6) is 0 Å². The molecular formula is C12H14FN3S. The normalized spacial score (nSPS) is 12.4. The van der Waals surface area contributed by atoms with E-state index in [1.807, 2.05) is 19.9 Å². The molecule has 1 heterocycles. The first-order chi connectivity index (χ1) is 8.19. The number of halogens is 1. The number of hydrogen-bond donors (Lipinski definition) is 1. The summed E-state index contributed by atoms with van der Waals surface area (Å²) in [6, 6.07) is 6.59. The van der Waals surface area contributed by atoms with E-state index in [1.54, 1.807) is 6.07 Å². The second-order valence-electron chi connectivity index (χ2n) is 3.79. The molecule has 1 N–H and O–H groups in total. The minimum Gasteiger partial charge on any atom is -0.354 e. The van der Waals surface area contributed by atoms with Gasteiger partial charge in [0.05, 0.1) is 6.04 Å². The van der Waals surface area contributed by atoms with E-state index < -0.39 is 0 Å². The van der Waals surface area contributed by atoms with Gasteiger partial charge in [0.15, 0.2) is 0 Å². The van der Waals surface area contributed by atoms with Crippen LogP contribution in [0.2, 0.25) is 0 Å². The molecule has 0 saturated carbocycles. The molecule has 0 aliphatic carbocycles. The Kier molecular flexibility index (Phi) is 3.68. The Morgan fingerprint density at radius 1 is 1.47 bits per heavy atom. The number of aryl methyl sites for hydroxylation is 1. The third-order valence-corrected chi connectivity index (χ3v) is 3.16. The van der Waals surface area contributed by atoms with Crippen molar-refractivity contribution >= 4 is 16.7 Å². The highest BCUT2D eigenvalue weighted by atomic mass is 32.1. The van der Waals surface area contributed by atoms with Crippen LogP contribution in [-0.2, 0) is 6.42 Å². The zero-order chi connectivity index (χ0) is 12.3. The van der Waals surface area contributed by atoms with Gasteiger partial charge in [-0.15, -0.1) is 0 Å². The molecule has 1 atom stereocenters. The molecule has 0 aliphatic heterocycles. The van der Waals surface area contributed by atoms with Crippen molar-refractivity contribution in [3.63, 3.8) is 0 Å². The summed E-state index contributed by atoms with van der Waals surface area (Å²) >= 11 is 1.34. The fraction of sp³-hybridized carbons (Fsp3) is 0.333. The monoisotopic (exact) mass is 251 g/mol. The average Bonchev–Trinajstić information content (AvgIpc) is 2.77. The van der Waals surface area contributed by atoms with E-state index in [9.17, 15) is 4.39 Å². The molecule has 3 nitrogen and oxygen atoms in total. The summed E-state index contributed by atoms with van der Waals surface area (Å²) < 4.78 is 17.3. The summed E-state index contributed by atoms with van der Waals surface area (Å²) in [5.74, 6) is 0.617. The van der Waals surface area contributed by atoms with Gasteiger partial charge in [-0.3, -0.25) is 0 Å². The van der Waals surface area contributed by atoms with E-state index >= 15 is 0 Å². The van der Waals surface area contributed by atoms with E-state index in [-0.39, 0.29) is 11.9 Å². The number of benzene rings is 1. The molecule has 90 valence electrons. The maximum absolute atomic E-state index is 13.1. The van der Waals surface area contributed by atoms with E-state index in [0.29, 0.717) is 0 Å². The van der Waals surface area contributed by atoms with Crippen molar-refractivity contribution in [2.75, 3.05) is 5.32 Å². The molecule has 0 radical (unpaired) electrons. The van der Waals surface area contributed by atoms with Gasteiger partial charge in [-0.2, -0.15) is 4.37 Å². The second-order valence-corrected chi connectivity index (χ2v) is 4.54. The van der Waals surface area contributed by atoms with Crippen LogP contribution in [0.25, 0.3) is 0 Å². The highest BCUT2D eigenvalue weighted by Crippen LogP contribution is 2.21. The molecule has 0 saturated heterocycles. The van der Waals surface area contributed by atoms with Crippen LogP contribution in [0.1, 0.15) is 31.3 Å². The molecule has 2 aromatic rings. The van der Waals surface area contributed by atoms with Crippen molar-refractivity contribution in [3.8, 4) is 0 Å². The second kappa shape index (κ2) is 5.23. The summed E-state index contributed by atoms with van der Waals surface area (Å²) in [6.45, 7) is 3.99. The highest BCUT2D eigenvalue weighted by Gasteiger charge is 2.09. The Hall–Kier alpha value is -1.49. The van der Waals surface area contributed by atoms with Crippen LogP contribution in [0.15, 0.2) is 24.3 Å². The SMILES string of the molecule is CCc1nsc(NC(C)c2cccc(F)c2)n1. The van der Waals surface area contributed by atoms with Crippen molar-refractivity contribution < 1.29 is 4.39 Å². The summed E-state index contributed by atoms with van der Waals surface area (Å²) in [5.41, 5.74) is 0.901. The molecule has 0 aliphatic rings. The lowest BCUT2D eigenvalue weighted by molar-refractivity contribution is 0.623. The van der Waals surface area contributed by atoms with Crippen molar-refractivity contribution in [2.45, 2.75) is 26.3 Å². The van der Waals surface area contributed by atoms with E-state index in [2.05, 4.69) is 14.7 Å². The molecule has 17 heavy (non-hydrogen) atoms. The summed E-state index contributed by atoms with van der Waals surface area (Å²) in [6.07, 6.45) is 0.826. The maximum Gasteiger partial charge on any atom is 0.203 e. The van der Waals surface area contributed by atoms with Crippen molar-refractivity contribution in [3.05, 3.63) is 41.5 Å². The summed E-state index contributed by atoms with van der Waals surface area (Å²) in [7, 11) is 0. The minimum atomic E-state index is -0.220. The van der Waals surface area contributed by atoms with E-state index in [4.69, 9.17) is 0 Å². The molecule has 0 fully saturated rings. The first-order valence-electron chi connectivity index (χ1n) is 5.53. The zero-order valence-electron chi connectivity index (χ0n) is 9.77. The molecule has 5 heteroatoms. The molecule has 1 aromatic carbocycles. The average molecular weight is 251 g/mol. The summed E-state index contributed by atoms with van der Waals surface area (Å²) in [4.78, 5) is 4.32. The topological polar surface area (TPSA) is 37.8 Å². The van der Waals surface area contributed by atoms with E-state index in [1.165, 1.54) is 23.7 Å². The van der Waals surface area contributed by atoms with Crippen LogP contribution >= 0.6 is 11.5 Å². The minimum absolute atomic E-state index is 0.0170. The summed E-state index contributed by atoms with van der Waals surface area (Å²) in [5, 5.41) is 3.99.